The van der Waals surface area contributed by atoms with Crippen LogP contribution in [-0.4, -0.2) is 33.7 Å². The SMILES string of the molecule is C[C@@H](C(=O)NC1CCCCC1)N(Cc1ccc(Cl)cc1Cl)C(=O)Cc1ccccc1[N+](=O)[O-]. The van der Waals surface area contributed by atoms with Crippen LogP contribution < -0.4 is 5.32 Å². The Balaban J connectivity index is 1.84. The second-order valence-electron chi connectivity index (χ2n) is 8.34. The number of amides is 2. The van der Waals surface area contributed by atoms with E-state index in [2.05, 4.69) is 5.32 Å². The molecule has 0 spiro atoms. The summed E-state index contributed by atoms with van der Waals surface area (Å²) in [6.07, 6.45) is 4.94. The van der Waals surface area contributed by atoms with E-state index < -0.39 is 16.9 Å². The van der Waals surface area contributed by atoms with Crippen LogP contribution in [0.2, 0.25) is 10.0 Å². The predicted octanol–water partition coefficient (Wildman–Crippen LogP) is 5.31. The molecular formula is C24H27Cl2N3O4. The highest BCUT2D eigenvalue weighted by Crippen LogP contribution is 2.25. The molecule has 1 fully saturated rings. The number of hydrogen-bond acceptors (Lipinski definition) is 4. The maximum absolute atomic E-state index is 13.4. The molecule has 1 saturated carbocycles. The zero-order valence-electron chi connectivity index (χ0n) is 18.4. The maximum atomic E-state index is 13.4. The minimum absolute atomic E-state index is 0.0781. The number of para-hydroxylation sites is 1. The number of nitro groups is 1. The van der Waals surface area contributed by atoms with Gasteiger partial charge in [0.1, 0.15) is 6.04 Å². The van der Waals surface area contributed by atoms with Crippen LogP contribution in [0.1, 0.15) is 50.2 Å². The lowest BCUT2D eigenvalue weighted by Crippen LogP contribution is -2.50. The van der Waals surface area contributed by atoms with Gasteiger partial charge in [-0.1, -0.05) is 66.7 Å². The Morgan fingerprint density at radius 2 is 1.82 bits per heavy atom. The molecule has 0 unspecified atom stereocenters. The van der Waals surface area contributed by atoms with Gasteiger partial charge in [0.2, 0.25) is 11.8 Å². The molecule has 1 N–H and O–H groups in total. The van der Waals surface area contributed by atoms with E-state index in [0.717, 1.165) is 32.1 Å². The van der Waals surface area contributed by atoms with Gasteiger partial charge in [-0.3, -0.25) is 19.7 Å². The highest BCUT2D eigenvalue weighted by Gasteiger charge is 2.29. The Hall–Kier alpha value is -2.64. The van der Waals surface area contributed by atoms with Gasteiger partial charge in [-0.25, -0.2) is 0 Å². The number of carbonyl (C=O) groups excluding carboxylic acids is 2. The lowest BCUT2D eigenvalue weighted by atomic mass is 9.95. The normalized spacial score (nSPS) is 15.0. The molecule has 3 rings (SSSR count). The lowest BCUT2D eigenvalue weighted by Gasteiger charge is -2.31. The highest BCUT2D eigenvalue weighted by molar-refractivity contribution is 6.35. The van der Waals surface area contributed by atoms with E-state index in [0.29, 0.717) is 21.2 Å². The van der Waals surface area contributed by atoms with Gasteiger partial charge in [0.25, 0.3) is 5.69 Å². The van der Waals surface area contributed by atoms with Crippen LogP contribution in [0.3, 0.4) is 0 Å². The standard InChI is InChI=1S/C24H27Cl2N3O4/c1-16(24(31)27-20-8-3-2-4-9-20)28(15-18-11-12-19(25)14-21(18)26)23(30)13-17-7-5-6-10-22(17)29(32)33/h5-7,10-12,14,16,20H,2-4,8-9,13,15H2,1H3,(H,27,31)/t16-/m0/s1. The van der Waals surface area contributed by atoms with Gasteiger partial charge in [0.05, 0.1) is 11.3 Å². The molecule has 2 amide bonds. The third-order valence-corrected chi connectivity index (χ3v) is 6.59. The fourth-order valence-corrected chi connectivity index (χ4v) is 4.56. The van der Waals surface area contributed by atoms with Crippen LogP contribution in [0, 0.1) is 10.1 Å². The van der Waals surface area contributed by atoms with Crippen molar-refractivity contribution in [3.05, 3.63) is 73.8 Å². The van der Waals surface area contributed by atoms with E-state index in [1.165, 1.54) is 11.0 Å². The number of nitrogens with one attached hydrogen (secondary N) is 1. The minimum Gasteiger partial charge on any atom is -0.352 e. The third-order valence-electron chi connectivity index (χ3n) is 6.00. The van der Waals surface area contributed by atoms with Crippen molar-refractivity contribution in [2.75, 3.05) is 0 Å². The first-order valence-electron chi connectivity index (χ1n) is 11.0. The fraction of sp³-hybridized carbons (Fsp3) is 0.417. The number of benzene rings is 2. The average Bonchev–Trinajstić information content (AvgIpc) is 2.79. The van der Waals surface area contributed by atoms with Crippen molar-refractivity contribution < 1.29 is 14.5 Å². The van der Waals surface area contributed by atoms with Crippen molar-refractivity contribution in [1.82, 2.24) is 10.2 Å². The largest absolute Gasteiger partial charge is 0.352 e. The van der Waals surface area contributed by atoms with E-state index in [-0.39, 0.29) is 30.6 Å². The highest BCUT2D eigenvalue weighted by atomic mass is 35.5. The van der Waals surface area contributed by atoms with Crippen molar-refractivity contribution >= 4 is 40.7 Å². The summed E-state index contributed by atoms with van der Waals surface area (Å²) >= 11 is 12.3. The number of halogens is 2. The summed E-state index contributed by atoms with van der Waals surface area (Å²) in [5, 5.41) is 15.3. The fourth-order valence-electron chi connectivity index (χ4n) is 4.09. The summed E-state index contributed by atoms with van der Waals surface area (Å²) in [5.41, 5.74) is 0.795. The Morgan fingerprint density at radius 3 is 2.48 bits per heavy atom. The summed E-state index contributed by atoms with van der Waals surface area (Å²) in [4.78, 5) is 38.7. The second-order valence-corrected chi connectivity index (χ2v) is 9.18. The average molecular weight is 492 g/mol. The van der Waals surface area contributed by atoms with Crippen molar-refractivity contribution in [1.29, 1.82) is 0 Å². The van der Waals surface area contributed by atoms with E-state index in [4.69, 9.17) is 23.2 Å². The smallest absolute Gasteiger partial charge is 0.273 e. The molecule has 0 aliphatic heterocycles. The first-order chi connectivity index (χ1) is 15.8. The minimum atomic E-state index is -0.783. The lowest BCUT2D eigenvalue weighted by molar-refractivity contribution is -0.385. The zero-order valence-corrected chi connectivity index (χ0v) is 19.9. The molecule has 0 heterocycles. The van der Waals surface area contributed by atoms with Gasteiger partial charge < -0.3 is 10.2 Å². The van der Waals surface area contributed by atoms with Crippen LogP contribution >= 0.6 is 23.2 Å². The summed E-state index contributed by atoms with van der Waals surface area (Å²) in [7, 11) is 0. The molecule has 176 valence electrons. The molecule has 1 atom stereocenters. The van der Waals surface area contributed by atoms with E-state index in [9.17, 15) is 19.7 Å². The zero-order chi connectivity index (χ0) is 24.0. The molecule has 1 aliphatic carbocycles. The van der Waals surface area contributed by atoms with Gasteiger partial charge >= 0.3 is 0 Å². The van der Waals surface area contributed by atoms with Gasteiger partial charge in [-0.05, 0) is 37.5 Å². The summed E-state index contributed by atoms with van der Waals surface area (Å²) in [5.74, 6) is -0.649. The molecule has 33 heavy (non-hydrogen) atoms. The summed E-state index contributed by atoms with van der Waals surface area (Å²) in [6.45, 7) is 1.74. The van der Waals surface area contributed by atoms with Crippen molar-refractivity contribution in [3.63, 3.8) is 0 Å². The summed E-state index contributed by atoms with van der Waals surface area (Å²) in [6, 6.07) is 10.4. The molecule has 0 bridgehead atoms. The molecule has 7 nitrogen and oxygen atoms in total. The van der Waals surface area contributed by atoms with Crippen molar-refractivity contribution in [3.8, 4) is 0 Å². The Kier molecular flexibility index (Phi) is 8.69. The monoisotopic (exact) mass is 491 g/mol. The van der Waals surface area contributed by atoms with E-state index >= 15 is 0 Å². The predicted molar refractivity (Wildman–Crippen MR) is 128 cm³/mol. The first-order valence-corrected chi connectivity index (χ1v) is 11.8. The van der Waals surface area contributed by atoms with Crippen molar-refractivity contribution in [2.24, 2.45) is 0 Å². The van der Waals surface area contributed by atoms with Gasteiger partial charge in [0, 0.05) is 34.3 Å². The quantitative estimate of drug-likeness (QED) is 0.399. The van der Waals surface area contributed by atoms with Gasteiger partial charge in [0.15, 0.2) is 0 Å². The molecule has 9 heteroatoms. The number of rotatable bonds is 8. The van der Waals surface area contributed by atoms with Crippen LogP contribution in [0.4, 0.5) is 5.69 Å². The Bertz CT molecular complexity index is 1020. The van der Waals surface area contributed by atoms with Crippen molar-refractivity contribution in [2.45, 2.75) is 64.1 Å². The molecule has 1 aliphatic rings. The molecular weight excluding hydrogens is 465 g/mol. The molecule has 0 radical (unpaired) electrons. The number of nitro benzene ring substituents is 1. The first kappa shape index (κ1) is 25.0. The molecule has 2 aromatic rings. The molecule has 0 saturated heterocycles. The number of carbonyl (C=O) groups is 2. The topological polar surface area (TPSA) is 92.6 Å². The second kappa shape index (κ2) is 11.5. The third kappa shape index (κ3) is 6.68. The van der Waals surface area contributed by atoms with Gasteiger partial charge in [-0.15, -0.1) is 0 Å². The van der Waals surface area contributed by atoms with E-state index in [1.54, 1.807) is 43.3 Å². The number of hydrogen-bond donors (Lipinski definition) is 1. The Morgan fingerprint density at radius 1 is 1.12 bits per heavy atom. The van der Waals surface area contributed by atoms with Gasteiger partial charge in [-0.2, -0.15) is 0 Å². The molecule has 2 aromatic carbocycles. The van der Waals surface area contributed by atoms with Crippen LogP contribution in [0.25, 0.3) is 0 Å². The van der Waals surface area contributed by atoms with E-state index in [1.807, 2.05) is 0 Å². The summed E-state index contributed by atoms with van der Waals surface area (Å²) < 4.78 is 0. The number of nitrogens with zero attached hydrogens (tertiary/aromatic N) is 2. The molecule has 0 aromatic heterocycles. The Labute approximate surface area is 203 Å². The van der Waals surface area contributed by atoms with Crippen LogP contribution in [0.15, 0.2) is 42.5 Å². The maximum Gasteiger partial charge on any atom is 0.273 e. The van der Waals surface area contributed by atoms with Crippen LogP contribution in [0.5, 0.6) is 0 Å². The van der Waals surface area contributed by atoms with Crippen LogP contribution in [-0.2, 0) is 22.6 Å².